The maximum absolute atomic E-state index is 9.24. The van der Waals surface area contributed by atoms with Crippen LogP contribution in [0.3, 0.4) is 0 Å². The van der Waals surface area contributed by atoms with Crippen LogP contribution in [0.2, 0.25) is 0 Å². The summed E-state index contributed by atoms with van der Waals surface area (Å²) in [5, 5.41) is 15.1. The number of hydrogen-bond donors (Lipinski definition) is 2. The van der Waals surface area contributed by atoms with Crippen LogP contribution < -0.4 is 15.4 Å². The molecular formula is C14H16N6O. The number of ether oxygens (including phenoxy) is 1. The predicted molar refractivity (Wildman–Crippen MR) is 79.7 cm³/mol. The van der Waals surface area contributed by atoms with Gasteiger partial charge in [-0.25, -0.2) is 0 Å². The lowest BCUT2D eigenvalue weighted by Gasteiger charge is -2.10. The van der Waals surface area contributed by atoms with Crippen molar-refractivity contribution in [3.8, 4) is 12.1 Å². The Morgan fingerprint density at radius 3 is 2.67 bits per heavy atom. The highest BCUT2D eigenvalue weighted by Crippen LogP contribution is 2.22. The Kier molecular flexibility index (Phi) is 4.51. The molecule has 0 atom stereocenters. The van der Waals surface area contributed by atoms with E-state index < -0.39 is 0 Å². The second kappa shape index (κ2) is 6.52. The minimum Gasteiger partial charge on any atom is -0.464 e. The predicted octanol–water partition coefficient (Wildman–Crippen LogP) is 2.24. The van der Waals surface area contributed by atoms with E-state index in [-0.39, 0.29) is 6.01 Å². The lowest BCUT2D eigenvalue weighted by molar-refractivity contribution is 0.312. The Bertz CT molecular complexity index is 680. The monoisotopic (exact) mass is 284 g/mol. The Hall–Kier alpha value is -2.88. The Morgan fingerprint density at radius 2 is 2.00 bits per heavy atom. The summed E-state index contributed by atoms with van der Waals surface area (Å²) in [4.78, 5) is 12.4. The van der Waals surface area contributed by atoms with E-state index in [0.717, 1.165) is 5.56 Å². The molecule has 0 spiro atoms. The van der Waals surface area contributed by atoms with Gasteiger partial charge in [-0.1, -0.05) is 12.1 Å². The minimum absolute atomic E-state index is 0.227. The van der Waals surface area contributed by atoms with Crippen LogP contribution in [0.5, 0.6) is 6.01 Å². The van der Waals surface area contributed by atoms with Crippen molar-refractivity contribution in [3.63, 3.8) is 0 Å². The zero-order chi connectivity index (χ0) is 15.2. The molecule has 0 radical (unpaired) electrons. The third kappa shape index (κ3) is 3.36. The number of anilines is 3. The van der Waals surface area contributed by atoms with E-state index in [1.807, 2.05) is 26.0 Å². The molecule has 1 aromatic heterocycles. The molecule has 0 saturated carbocycles. The number of aromatic nitrogens is 3. The largest absolute Gasteiger partial charge is 0.464 e. The van der Waals surface area contributed by atoms with E-state index >= 15 is 0 Å². The third-order valence-corrected chi connectivity index (χ3v) is 2.74. The van der Waals surface area contributed by atoms with Gasteiger partial charge in [-0.2, -0.15) is 20.2 Å². The number of aryl methyl sites for hydroxylation is 1. The normalized spacial score (nSPS) is 9.81. The number of nitriles is 1. The van der Waals surface area contributed by atoms with Crippen molar-refractivity contribution < 1.29 is 4.74 Å². The topological polar surface area (TPSA) is 95.8 Å². The standard InChI is InChI=1S/C14H16N6O/c1-4-21-14-19-12(16-3)18-13(20-14)17-11-7-5-6-9(2)10(11)8-15/h5-7H,4H2,1-3H3,(H2,16,17,18,19,20). The molecule has 108 valence electrons. The molecule has 0 fully saturated rings. The van der Waals surface area contributed by atoms with Gasteiger partial charge in [0.1, 0.15) is 6.07 Å². The average Bonchev–Trinajstić information content (AvgIpc) is 2.47. The lowest BCUT2D eigenvalue weighted by Crippen LogP contribution is -2.07. The van der Waals surface area contributed by atoms with Gasteiger partial charge in [0, 0.05) is 7.05 Å². The highest BCUT2D eigenvalue weighted by Gasteiger charge is 2.10. The van der Waals surface area contributed by atoms with Gasteiger partial charge in [0.25, 0.3) is 0 Å². The molecule has 2 aromatic rings. The summed E-state index contributed by atoms with van der Waals surface area (Å²) < 4.78 is 5.30. The highest BCUT2D eigenvalue weighted by molar-refractivity contribution is 5.65. The molecule has 21 heavy (non-hydrogen) atoms. The molecule has 0 aliphatic carbocycles. The Morgan fingerprint density at radius 1 is 1.24 bits per heavy atom. The van der Waals surface area contributed by atoms with Gasteiger partial charge in [-0.3, -0.25) is 0 Å². The van der Waals surface area contributed by atoms with E-state index in [1.54, 1.807) is 13.1 Å². The zero-order valence-corrected chi connectivity index (χ0v) is 12.1. The SMILES string of the molecule is CCOc1nc(NC)nc(Nc2cccc(C)c2C#N)n1. The second-order valence-electron chi connectivity index (χ2n) is 4.18. The molecule has 7 heteroatoms. The number of hydrogen-bond acceptors (Lipinski definition) is 7. The molecule has 0 unspecified atom stereocenters. The maximum Gasteiger partial charge on any atom is 0.323 e. The van der Waals surface area contributed by atoms with Crippen LogP contribution in [0.15, 0.2) is 18.2 Å². The summed E-state index contributed by atoms with van der Waals surface area (Å²) in [5.41, 5.74) is 2.09. The molecule has 0 aliphatic heterocycles. The van der Waals surface area contributed by atoms with Crippen LogP contribution in [0.1, 0.15) is 18.1 Å². The molecule has 2 rings (SSSR count). The first kappa shape index (κ1) is 14.5. The van der Waals surface area contributed by atoms with E-state index in [4.69, 9.17) is 4.74 Å². The van der Waals surface area contributed by atoms with E-state index in [9.17, 15) is 5.26 Å². The molecular weight excluding hydrogens is 268 g/mol. The van der Waals surface area contributed by atoms with Gasteiger partial charge in [-0.15, -0.1) is 0 Å². The fourth-order valence-corrected chi connectivity index (χ4v) is 1.76. The van der Waals surface area contributed by atoms with Crippen molar-refractivity contribution in [2.45, 2.75) is 13.8 Å². The Labute approximate surface area is 123 Å². The van der Waals surface area contributed by atoms with Crippen molar-refractivity contribution in [1.29, 1.82) is 5.26 Å². The fourth-order valence-electron chi connectivity index (χ4n) is 1.76. The smallest absolute Gasteiger partial charge is 0.323 e. The van der Waals surface area contributed by atoms with Gasteiger partial charge in [0.2, 0.25) is 11.9 Å². The number of rotatable bonds is 5. The molecule has 0 aliphatic rings. The van der Waals surface area contributed by atoms with Gasteiger partial charge in [0.05, 0.1) is 17.9 Å². The molecule has 0 amide bonds. The molecule has 0 bridgehead atoms. The van der Waals surface area contributed by atoms with Gasteiger partial charge < -0.3 is 15.4 Å². The van der Waals surface area contributed by atoms with Gasteiger partial charge in [-0.05, 0) is 25.5 Å². The van der Waals surface area contributed by atoms with Crippen molar-refractivity contribution in [3.05, 3.63) is 29.3 Å². The molecule has 1 aromatic carbocycles. The first-order chi connectivity index (χ1) is 10.2. The van der Waals surface area contributed by atoms with Crippen LogP contribution in [-0.4, -0.2) is 28.6 Å². The summed E-state index contributed by atoms with van der Waals surface area (Å²) in [6.45, 7) is 4.19. The van der Waals surface area contributed by atoms with Crippen LogP contribution in [0, 0.1) is 18.3 Å². The second-order valence-corrected chi connectivity index (χ2v) is 4.18. The first-order valence-corrected chi connectivity index (χ1v) is 6.51. The number of nitrogens with zero attached hydrogens (tertiary/aromatic N) is 4. The van der Waals surface area contributed by atoms with Crippen molar-refractivity contribution in [2.24, 2.45) is 0 Å². The fraction of sp³-hybridized carbons (Fsp3) is 0.286. The molecule has 2 N–H and O–H groups in total. The van der Waals surface area contributed by atoms with Crippen LogP contribution >= 0.6 is 0 Å². The highest BCUT2D eigenvalue weighted by atomic mass is 16.5. The summed E-state index contributed by atoms with van der Waals surface area (Å²) in [5.74, 6) is 0.710. The maximum atomic E-state index is 9.24. The van der Waals surface area contributed by atoms with Crippen LogP contribution in [-0.2, 0) is 0 Å². The summed E-state index contributed by atoms with van der Waals surface area (Å²) in [6.07, 6.45) is 0. The van der Waals surface area contributed by atoms with Crippen molar-refractivity contribution >= 4 is 17.6 Å². The zero-order valence-electron chi connectivity index (χ0n) is 12.1. The number of nitrogens with one attached hydrogen (secondary N) is 2. The van der Waals surface area contributed by atoms with Gasteiger partial charge in [0.15, 0.2) is 0 Å². The lowest BCUT2D eigenvalue weighted by atomic mass is 10.1. The molecule has 0 saturated heterocycles. The molecule has 7 nitrogen and oxygen atoms in total. The average molecular weight is 284 g/mol. The summed E-state index contributed by atoms with van der Waals surface area (Å²) in [6, 6.07) is 7.94. The van der Waals surface area contributed by atoms with Crippen molar-refractivity contribution in [1.82, 2.24) is 15.0 Å². The van der Waals surface area contributed by atoms with Gasteiger partial charge >= 0.3 is 6.01 Å². The third-order valence-electron chi connectivity index (χ3n) is 2.74. The minimum atomic E-state index is 0.227. The number of benzene rings is 1. The first-order valence-electron chi connectivity index (χ1n) is 6.51. The van der Waals surface area contributed by atoms with E-state index in [1.165, 1.54) is 0 Å². The Balaban J connectivity index is 2.37. The van der Waals surface area contributed by atoms with E-state index in [0.29, 0.717) is 29.8 Å². The quantitative estimate of drug-likeness (QED) is 0.869. The van der Waals surface area contributed by atoms with Crippen molar-refractivity contribution in [2.75, 3.05) is 24.3 Å². The summed E-state index contributed by atoms with van der Waals surface area (Å²) in [7, 11) is 1.71. The summed E-state index contributed by atoms with van der Waals surface area (Å²) >= 11 is 0. The van der Waals surface area contributed by atoms with Crippen LogP contribution in [0.4, 0.5) is 17.6 Å². The van der Waals surface area contributed by atoms with Crippen LogP contribution in [0.25, 0.3) is 0 Å². The van der Waals surface area contributed by atoms with E-state index in [2.05, 4.69) is 31.7 Å². The molecule has 1 heterocycles.